The van der Waals surface area contributed by atoms with Gasteiger partial charge in [-0.05, 0) is 12.5 Å². The highest BCUT2D eigenvalue weighted by Crippen LogP contribution is 2.11. The first-order valence-electron chi connectivity index (χ1n) is 4.81. The molecule has 0 aliphatic heterocycles. The quantitative estimate of drug-likeness (QED) is 0.703. The van der Waals surface area contributed by atoms with E-state index < -0.39 is 0 Å². The van der Waals surface area contributed by atoms with Gasteiger partial charge in [-0.2, -0.15) is 4.98 Å². The fourth-order valence-electron chi connectivity index (χ4n) is 0.991. The van der Waals surface area contributed by atoms with Crippen LogP contribution in [0.15, 0.2) is 30.9 Å². The molecular weight excluding hydrogens is 176 g/mol. The number of hydrogen-bond donors (Lipinski definition) is 1. The summed E-state index contributed by atoms with van der Waals surface area (Å²) in [5, 5.41) is 3.19. The van der Waals surface area contributed by atoms with Crippen LogP contribution in [-0.2, 0) is 0 Å². The van der Waals surface area contributed by atoms with Crippen molar-refractivity contribution >= 4 is 5.82 Å². The van der Waals surface area contributed by atoms with Crippen molar-refractivity contribution in [3.05, 3.63) is 30.9 Å². The first-order chi connectivity index (χ1) is 6.86. The SMILES string of the molecule is C=CCOc1cccc(NCCC)n1. The predicted octanol–water partition coefficient (Wildman–Crippen LogP) is 2.47. The maximum absolute atomic E-state index is 5.31. The molecule has 0 saturated heterocycles. The summed E-state index contributed by atoms with van der Waals surface area (Å²) in [6.07, 6.45) is 2.78. The summed E-state index contributed by atoms with van der Waals surface area (Å²) in [6, 6.07) is 5.68. The lowest BCUT2D eigenvalue weighted by molar-refractivity contribution is 0.349. The molecule has 0 bridgehead atoms. The molecular formula is C11H16N2O. The van der Waals surface area contributed by atoms with E-state index >= 15 is 0 Å². The van der Waals surface area contributed by atoms with E-state index in [-0.39, 0.29) is 0 Å². The molecule has 0 radical (unpaired) electrons. The fraction of sp³-hybridized carbons (Fsp3) is 0.364. The van der Waals surface area contributed by atoms with Gasteiger partial charge in [-0.3, -0.25) is 0 Å². The Morgan fingerprint density at radius 1 is 1.57 bits per heavy atom. The number of aromatic nitrogens is 1. The molecule has 1 heterocycles. The molecule has 3 heteroatoms. The van der Waals surface area contributed by atoms with Crippen LogP contribution in [0.25, 0.3) is 0 Å². The molecule has 1 aromatic rings. The first kappa shape index (κ1) is 10.6. The molecule has 0 fully saturated rings. The number of hydrogen-bond acceptors (Lipinski definition) is 3. The summed E-state index contributed by atoms with van der Waals surface area (Å²) in [7, 11) is 0. The van der Waals surface area contributed by atoms with Crippen LogP contribution < -0.4 is 10.1 Å². The second-order valence-corrected chi connectivity index (χ2v) is 2.89. The minimum atomic E-state index is 0.490. The van der Waals surface area contributed by atoms with E-state index in [2.05, 4.69) is 23.8 Å². The van der Waals surface area contributed by atoms with Gasteiger partial charge in [-0.15, -0.1) is 0 Å². The maximum atomic E-state index is 5.31. The zero-order valence-corrected chi connectivity index (χ0v) is 8.49. The Balaban J connectivity index is 2.54. The Hall–Kier alpha value is -1.51. The smallest absolute Gasteiger partial charge is 0.215 e. The number of anilines is 1. The van der Waals surface area contributed by atoms with E-state index in [4.69, 9.17) is 4.74 Å². The standard InChI is InChI=1S/C11H16N2O/c1-3-8-12-10-6-5-7-11(13-10)14-9-4-2/h4-7H,2-3,8-9H2,1H3,(H,12,13). The molecule has 1 rings (SSSR count). The number of rotatable bonds is 6. The van der Waals surface area contributed by atoms with Crippen LogP contribution in [-0.4, -0.2) is 18.1 Å². The Morgan fingerprint density at radius 2 is 2.43 bits per heavy atom. The minimum Gasteiger partial charge on any atom is -0.473 e. The summed E-state index contributed by atoms with van der Waals surface area (Å²) < 4.78 is 5.31. The Kier molecular flexibility index (Phi) is 4.55. The van der Waals surface area contributed by atoms with Gasteiger partial charge in [0.25, 0.3) is 0 Å². The molecule has 76 valence electrons. The summed E-state index contributed by atoms with van der Waals surface area (Å²) in [6.45, 7) is 7.11. The van der Waals surface area contributed by atoms with E-state index in [1.807, 2.05) is 18.2 Å². The largest absolute Gasteiger partial charge is 0.473 e. The van der Waals surface area contributed by atoms with Gasteiger partial charge < -0.3 is 10.1 Å². The van der Waals surface area contributed by atoms with Gasteiger partial charge in [0.15, 0.2) is 0 Å². The van der Waals surface area contributed by atoms with Crippen LogP contribution in [0.5, 0.6) is 5.88 Å². The maximum Gasteiger partial charge on any atom is 0.215 e. The number of nitrogens with one attached hydrogen (secondary N) is 1. The minimum absolute atomic E-state index is 0.490. The van der Waals surface area contributed by atoms with E-state index in [0.29, 0.717) is 12.5 Å². The van der Waals surface area contributed by atoms with E-state index in [0.717, 1.165) is 18.8 Å². The van der Waals surface area contributed by atoms with Gasteiger partial charge in [0, 0.05) is 12.6 Å². The molecule has 0 spiro atoms. The highest BCUT2D eigenvalue weighted by Gasteiger charge is 1.96. The third-order valence-electron chi connectivity index (χ3n) is 1.63. The lowest BCUT2D eigenvalue weighted by atomic mass is 10.4. The summed E-state index contributed by atoms with van der Waals surface area (Å²) in [5.74, 6) is 1.49. The third kappa shape index (κ3) is 3.47. The Morgan fingerprint density at radius 3 is 3.14 bits per heavy atom. The van der Waals surface area contributed by atoms with Crippen LogP contribution in [0.4, 0.5) is 5.82 Å². The summed E-state index contributed by atoms with van der Waals surface area (Å²) >= 11 is 0. The van der Waals surface area contributed by atoms with Crippen molar-refractivity contribution < 1.29 is 4.74 Å². The van der Waals surface area contributed by atoms with Gasteiger partial charge in [0.1, 0.15) is 12.4 Å². The molecule has 3 nitrogen and oxygen atoms in total. The average molecular weight is 192 g/mol. The lowest BCUT2D eigenvalue weighted by Gasteiger charge is -2.06. The monoisotopic (exact) mass is 192 g/mol. The first-order valence-corrected chi connectivity index (χ1v) is 4.81. The van der Waals surface area contributed by atoms with Crippen LogP contribution in [0, 0.1) is 0 Å². The van der Waals surface area contributed by atoms with Crippen molar-refractivity contribution in [3.8, 4) is 5.88 Å². The lowest BCUT2D eigenvalue weighted by Crippen LogP contribution is -2.03. The third-order valence-corrected chi connectivity index (χ3v) is 1.63. The van der Waals surface area contributed by atoms with Gasteiger partial charge >= 0.3 is 0 Å². The van der Waals surface area contributed by atoms with Gasteiger partial charge in [0.2, 0.25) is 5.88 Å². The molecule has 1 aromatic heterocycles. The van der Waals surface area contributed by atoms with Crippen LogP contribution >= 0.6 is 0 Å². The van der Waals surface area contributed by atoms with E-state index in [9.17, 15) is 0 Å². The van der Waals surface area contributed by atoms with Crippen LogP contribution in [0.1, 0.15) is 13.3 Å². The molecule has 0 atom stereocenters. The highest BCUT2D eigenvalue weighted by molar-refractivity contribution is 5.36. The molecule has 0 saturated carbocycles. The number of nitrogens with zero attached hydrogens (tertiary/aromatic N) is 1. The Bertz CT molecular complexity index is 286. The zero-order valence-electron chi connectivity index (χ0n) is 8.49. The van der Waals surface area contributed by atoms with Crippen molar-refractivity contribution in [2.45, 2.75) is 13.3 Å². The summed E-state index contributed by atoms with van der Waals surface area (Å²) in [5.41, 5.74) is 0. The van der Waals surface area contributed by atoms with E-state index in [1.54, 1.807) is 6.08 Å². The van der Waals surface area contributed by atoms with Gasteiger partial charge in [0.05, 0.1) is 0 Å². The molecule has 0 aliphatic rings. The zero-order chi connectivity index (χ0) is 10.2. The molecule has 14 heavy (non-hydrogen) atoms. The highest BCUT2D eigenvalue weighted by atomic mass is 16.5. The molecule has 0 aromatic carbocycles. The van der Waals surface area contributed by atoms with Gasteiger partial charge in [-0.1, -0.05) is 25.6 Å². The second kappa shape index (κ2) is 6.02. The van der Waals surface area contributed by atoms with Crippen molar-refractivity contribution in [2.75, 3.05) is 18.5 Å². The molecule has 0 unspecified atom stereocenters. The second-order valence-electron chi connectivity index (χ2n) is 2.89. The fourth-order valence-corrected chi connectivity index (χ4v) is 0.991. The molecule has 0 amide bonds. The van der Waals surface area contributed by atoms with Crippen molar-refractivity contribution in [2.24, 2.45) is 0 Å². The topological polar surface area (TPSA) is 34.1 Å². The molecule has 1 N–H and O–H groups in total. The van der Waals surface area contributed by atoms with Crippen LogP contribution in [0.2, 0.25) is 0 Å². The summed E-state index contributed by atoms with van der Waals surface area (Å²) in [4.78, 5) is 4.27. The number of pyridine rings is 1. The average Bonchev–Trinajstić information content (AvgIpc) is 2.24. The Labute approximate surface area is 84.8 Å². The molecule has 0 aliphatic carbocycles. The van der Waals surface area contributed by atoms with Crippen molar-refractivity contribution in [1.82, 2.24) is 4.98 Å². The predicted molar refractivity (Wildman–Crippen MR) is 58.7 cm³/mol. The van der Waals surface area contributed by atoms with Crippen LogP contribution in [0.3, 0.4) is 0 Å². The normalized spacial score (nSPS) is 9.50. The van der Waals surface area contributed by atoms with Crippen molar-refractivity contribution in [1.29, 1.82) is 0 Å². The van der Waals surface area contributed by atoms with Gasteiger partial charge in [-0.25, -0.2) is 0 Å². The van der Waals surface area contributed by atoms with E-state index in [1.165, 1.54) is 0 Å². The number of ether oxygens (including phenoxy) is 1. The van der Waals surface area contributed by atoms with Crippen molar-refractivity contribution in [3.63, 3.8) is 0 Å².